The molecule has 1 aromatic carbocycles. The summed E-state index contributed by atoms with van der Waals surface area (Å²) in [5.74, 6) is 0.907. The van der Waals surface area contributed by atoms with Crippen LogP contribution in [0, 0.1) is 6.92 Å². The predicted molar refractivity (Wildman–Crippen MR) is 83.5 cm³/mol. The van der Waals surface area contributed by atoms with Crippen LogP contribution in [-0.2, 0) is 12.0 Å². The summed E-state index contributed by atoms with van der Waals surface area (Å²) >= 11 is 5.96. The molecule has 2 nitrogen and oxygen atoms in total. The molecular formula is C17H20ClNO. The van der Waals surface area contributed by atoms with Crippen LogP contribution in [0.4, 0.5) is 0 Å². The first-order valence-corrected chi connectivity index (χ1v) is 7.08. The van der Waals surface area contributed by atoms with Crippen molar-refractivity contribution in [2.75, 3.05) is 0 Å². The van der Waals surface area contributed by atoms with Crippen molar-refractivity contribution in [1.82, 2.24) is 4.98 Å². The monoisotopic (exact) mass is 289 g/mol. The summed E-state index contributed by atoms with van der Waals surface area (Å²) in [6.07, 6.45) is 1.70. The molecule has 2 rings (SSSR count). The molecule has 0 radical (unpaired) electrons. The highest BCUT2D eigenvalue weighted by Gasteiger charge is 2.19. The van der Waals surface area contributed by atoms with Gasteiger partial charge in [0.2, 0.25) is 0 Å². The third-order valence-corrected chi connectivity index (χ3v) is 3.33. The number of aromatic nitrogens is 1. The molecular weight excluding hydrogens is 270 g/mol. The Kier molecular flexibility index (Phi) is 4.34. The van der Waals surface area contributed by atoms with Gasteiger partial charge in [0.1, 0.15) is 12.4 Å². The highest BCUT2D eigenvalue weighted by molar-refractivity contribution is 6.30. The minimum absolute atomic E-state index is 0.0448. The Morgan fingerprint density at radius 3 is 2.55 bits per heavy atom. The Labute approximate surface area is 125 Å². The maximum absolute atomic E-state index is 5.96. The van der Waals surface area contributed by atoms with Gasteiger partial charge in [0.15, 0.2) is 0 Å². The molecule has 0 amide bonds. The molecule has 2 aromatic rings. The zero-order chi connectivity index (χ0) is 14.8. The third-order valence-electron chi connectivity index (χ3n) is 3.10. The topological polar surface area (TPSA) is 22.1 Å². The maximum atomic E-state index is 5.96. The Bertz CT molecular complexity index is 602. The summed E-state index contributed by atoms with van der Waals surface area (Å²) in [6.45, 7) is 9.08. The second kappa shape index (κ2) is 5.84. The number of hydrogen-bond donors (Lipinski definition) is 0. The number of halogens is 1. The van der Waals surface area contributed by atoms with Crippen molar-refractivity contribution in [1.29, 1.82) is 0 Å². The zero-order valence-electron chi connectivity index (χ0n) is 12.4. The fourth-order valence-corrected chi connectivity index (χ4v) is 2.22. The SMILES string of the molecule is Cc1ccc(OCc2cc(Cl)ccn2)c(C(C)(C)C)c1. The van der Waals surface area contributed by atoms with E-state index in [1.54, 1.807) is 12.3 Å². The van der Waals surface area contributed by atoms with Crippen LogP contribution in [0.25, 0.3) is 0 Å². The number of hydrogen-bond acceptors (Lipinski definition) is 2. The second-order valence-corrected chi connectivity index (χ2v) is 6.44. The second-order valence-electron chi connectivity index (χ2n) is 6.00. The molecule has 0 saturated heterocycles. The van der Waals surface area contributed by atoms with Crippen molar-refractivity contribution in [2.45, 2.75) is 39.7 Å². The number of ether oxygens (including phenoxy) is 1. The van der Waals surface area contributed by atoms with Crippen molar-refractivity contribution in [2.24, 2.45) is 0 Å². The summed E-state index contributed by atoms with van der Waals surface area (Å²) in [7, 11) is 0. The number of nitrogens with zero attached hydrogens (tertiary/aromatic N) is 1. The van der Waals surface area contributed by atoms with Gasteiger partial charge in [-0.1, -0.05) is 50.1 Å². The normalized spacial score (nSPS) is 11.4. The Balaban J connectivity index is 2.21. The fraction of sp³-hybridized carbons (Fsp3) is 0.353. The van der Waals surface area contributed by atoms with E-state index in [1.807, 2.05) is 12.1 Å². The van der Waals surface area contributed by atoms with E-state index in [0.717, 1.165) is 11.4 Å². The van der Waals surface area contributed by atoms with Crippen LogP contribution in [0.3, 0.4) is 0 Å². The number of rotatable bonds is 3. The van der Waals surface area contributed by atoms with E-state index in [1.165, 1.54) is 11.1 Å². The molecule has 1 aromatic heterocycles. The highest BCUT2D eigenvalue weighted by Crippen LogP contribution is 2.32. The molecule has 0 atom stereocenters. The quantitative estimate of drug-likeness (QED) is 0.800. The van der Waals surface area contributed by atoms with Gasteiger partial charge in [0, 0.05) is 11.2 Å². The van der Waals surface area contributed by atoms with Crippen LogP contribution in [0.5, 0.6) is 5.75 Å². The molecule has 0 saturated carbocycles. The average molecular weight is 290 g/mol. The fourth-order valence-electron chi connectivity index (χ4n) is 2.04. The van der Waals surface area contributed by atoms with Gasteiger partial charge in [0.05, 0.1) is 5.69 Å². The van der Waals surface area contributed by atoms with Crippen LogP contribution in [-0.4, -0.2) is 4.98 Å². The molecule has 0 aliphatic rings. The first kappa shape index (κ1) is 14.9. The molecule has 3 heteroatoms. The van der Waals surface area contributed by atoms with E-state index >= 15 is 0 Å². The van der Waals surface area contributed by atoms with Crippen LogP contribution in [0.1, 0.15) is 37.6 Å². The number of benzene rings is 1. The average Bonchev–Trinajstić information content (AvgIpc) is 2.36. The van der Waals surface area contributed by atoms with Gasteiger partial charge < -0.3 is 4.74 Å². The van der Waals surface area contributed by atoms with Crippen LogP contribution in [0.15, 0.2) is 36.5 Å². The molecule has 0 N–H and O–H groups in total. The van der Waals surface area contributed by atoms with Crippen LogP contribution < -0.4 is 4.74 Å². The Hall–Kier alpha value is -1.54. The lowest BCUT2D eigenvalue weighted by Crippen LogP contribution is -2.14. The summed E-state index contributed by atoms with van der Waals surface area (Å²) in [5, 5.41) is 0.679. The van der Waals surface area contributed by atoms with E-state index in [4.69, 9.17) is 16.3 Å². The lowest BCUT2D eigenvalue weighted by molar-refractivity contribution is 0.293. The molecule has 106 valence electrons. The molecule has 0 spiro atoms. The molecule has 0 aliphatic carbocycles. The number of pyridine rings is 1. The van der Waals surface area contributed by atoms with Crippen LogP contribution >= 0.6 is 11.6 Å². The third kappa shape index (κ3) is 3.73. The summed E-state index contributed by atoms with van der Waals surface area (Å²) in [5.41, 5.74) is 3.32. The maximum Gasteiger partial charge on any atom is 0.130 e. The van der Waals surface area contributed by atoms with E-state index in [0.29, 0.717) is 11.6 Å². The van der Waals surface area contributed by atoms with E-state index in [-0.39, 0.29) is 5.41 Å². The zero-order valence-corrected chi connectivity index (χ0v) is 13.2. The van der Waals surface area contributed by atoms with Crippen molar-refractivity contribution >= 4 is 11.6 Å². The molecule has 0 bridgehead atoms. The predicted octanol–water partition coefficient (Wildman–Crippen LogP) is 4.92. The van der Waals surface area contributed by atoms with E-state index < -0.39 is 0 Å². The molecule has 0 unspecified atom stereocenters. The Morgan fingerprint density at radius 1 is 1.15 bits per heavy atom. The van der Waals surface area contributed by atoms with E-state index in [9.17, 15) is 0 Å². The van der Waals surface area contributed by atoms with Gasteiger partial charge in [0.25, 0.3) is 0 Å². The van der Waals surface area contributed by atoms with Crippen molar-refractivity contribution in [3.8, 4) is 5.75 Å². The minimum atomic E-state index is 0.0448. The summed E-state index contributed by atoms with van der Waals surface area (Å²) in [4.78, 5) is 4.25. The minimum Gasteiger partial charge on any atom is -0.487 e. The highest BCUT2D eigenvalue weighted by atomic mass is 35.5. The van der Waals surface area contributed by atoms with Crippen LogP contribution in [0.2, 0.25) is 5.02 Å². The van der Waals surface area contributed by atoms with Gasteiger partial charge in [-0.05, 0) is 36.1 Å². The Morgan fingerprint density at radius 2 is 1.90 bits per heavy atom. The molecule has 0 fully saturated rings. The lowest BCUT2D eigenvalue weighted by atomic mass is 9.85. The summed E-state index contributed by atoms with van der Waals surface area (Å²) in [6, 6.07) is 9.86. The van der Waals surface area contributed by atoms with Crippen molar-refractivity contribution in [3.05, 3.63) is 58.4 Å². The van der Waals surface area contributed by atoms with Gasteiger partial charge in [-0.3, -0.25) is 4.98 Å². The van der Waals surface area contributed by atoms with Crippen molar-refractivity contribution in [3.63, 3.8) is 0 Å². The largest absolute Gasteiger partial charge is 0.487 e. The van der Waals surface area contributed by atoms with Gasteiger partial charge in [-0.2, -0.15) is 0 Å². The molecule has 20 heavy (non-hydrogen) atoms. The van der Waals surface area contributed by atoms with E-state index in [2.05, 4.69) is 44.8 Å². The van der Waals surface area contributed by atoms with Gasteiger partial charge in [-0.15, -0.1) is 0 Å². The number of aryl methyl sites for hydroxylation is 1. The lowest BCUT2D eigenvalue weighted by Gasteiger charge is -2.23. The van der Waals surface area contributed by atoms with Gasteiger partial charge in [-0.25, -0.2) is 0 Å². The van der Waals surface area contributed by atoms with Crippen molar-refractivity contribution < 1.29 is 4.74 Å². The standard InChI is InChI=1S/C17H20ClNO/c1-12-5-6-16(15(9-12)17(2,3)4)20-11-14-10-13(18)7-8-19-14/h5-10H,11H2,1-4H3. The van der Waals surface area contributed by atoms with Gasteiger partial charge >= 0.3 is 0 Å². The molecule has 1 heterocycles. The summed E-state index contributed by atoms with van der Waals surface area (Å²) < 4.78 is 5.94. The molecule has 0 aliphatic heterocycles. The smallest absolute Gasteiger partial charge is 0.130 e. The first-order valence-electron chi connectivity index (χ1n) is 6.70. The first-order chi connectivity index (χ1) is 9.36.